The van der Waals surface area contributed by atoms with E-state index in [1.807, 2.05) is 6.92 Å². The molecule has 1 aromatic carbocycles. The molecule has 7 heteroatoms. The van der Waals surface area contributed by atoms with E-state index < -0.39 is 23.8 Å². The Hall–Kier alpha value is -2.05. The molecular formula is C15H18F3NO3. The number of carbonyl (C=O) groups is 2. The molecule has 0 heterocycles. The number of nitrogens with one attached hydrogen (secondary N) is 1. The Labute approximate surface area is 126 Å². The number of benzene rings is 1. The average molecular weight is 317 g/mol. The van der Waals surface area contributed by atoms with Crippen LogP contribution >= 0.6 is 0 Å². The van der Waals surface area contributed by atoms with E-state index in [1.165, 1.54) is 6.92 Å². The number of alkyl halides is 3. The van der Waals surface area contributed by atoms with E-state index in [9.17, 15) is 22.8 Å². The molecule has 22 heavy (non-hydrogen) atoms. The topological polar surface area (TPSA) is 55.4 Å². The van der Waals surface area contributed by atoms with Crippen molar-refractivity contribution in [2.24, 2.45) is 5.92 Å². The van der Waals surface area contributed by atoms with Crippen LogP contribution in [0, 0.1) is 5.92 Å². The van der Waals surface area contributed by atoms with Gasteiger partial charge in [-0.2, -0.15) is 13.2 Å². The number of hydrogen-bond donors (Lipinski definition) is 1. The molecule has 0 radical (unpaired) electrons. The molecule has 0 amide bonds. The minimum absolute atomic E-state index is 0.0835. The minimum atomic E-state index is -5.07. The van der Waals surface area contributed by atoms with Crippen molar-refractivity contribution >= 4 is 17.4 Å². The molecule has 1 rings (SSSR count). The van der Waals surface area contributed by atoms with E-state index in [2.05, 4.69) is 10.1 Å². The molecule has 4 nitrogen and oxygen atoms in total. The van der Waals surface area contributed by atoms with E-state index in [1.54, 1.807) is 24.3 Å². The highest BCUT2D eigenvalue weighted by atomic mass is 19.4. The molecule has 122 valence electrons. The van der Waals surface area contributed by atoms with Gasteiger partial charge in [0.25, 0.3) is 5.78 Å². The Morgan fingerprint density at radius 3 is 2.23 bits per heavy atom. The molecule has 1 atom stereocenters. The molecule has 0 fully saturated rings. The molecule has 1 N–H and O–H groups in total. The fourth-order valence-corrected chi connectivity index (χ4v) is 1.92. The Kier molecular flexibility index (Phi) is 6.39. The Morgan fingerprint density at radius 1 is 1.18 bits per heavy atom. The van der Waals surface area contributed by atoms with Gasteiger partial charge in [0.2, 0.25) is 0 Å². The van der Waals surface area contributed by atoms with Crippen LogP contribution in [0.4, 0.5) is 18.9 Å². The summed E-state index contributed by atoms with van der Waals surface area (Å²) in [6.45, 7) is 4.00. The second-order valence-electron chi connectivity index (χ2n) is 4.60. The van der Waals surface area contributed by atoms with Gasteiger partial charge in [0.1, 0.15) is 5.92 Å². The zero-order valence-corrected chi connectivity index (χ0v) is 12.4. The summed E-state index contributed by atoms with van der Waals surface area (Å²) in [5.74, 6) is -5.10. The van der Waals surface area contributed by atoms with Crippen LogP contribution in [0.2, 0.25) is 0 Å². The third-order valence-electron chi connectivity index (χ3n) is 2.94. The number of carbonyl (C=O) groups excluding carboxylic acids is 2. The number of esters is 1. The highest BCUT2D eigenvalue weighted by Crippen LogP contribution is 2.25. The molecule has 0 saturated carbocycles. The predicted molar refractivity (Wildman–Crippen MR) is 75.5 cm³/mol. The fraction of sp³-hybridized carbons (Fsp3) is 0.467. The molecule has 0 aliphatic heterocycles. The van der Waals surface area contributed by atoms with E-state index in [-0.39, 0.29) is 13.0 Å². The summed E-state index contributed by atoms with van der Waals surface area (Å²) in [5, 5.41) is 3.04. The zero-order valence-electron chi connectivity index (χ0n) is 12.4. The van der Waals surface area contributed by atoms with Crippen molar-refractivity contribution in [3.63, 3.8) is 0 Å². The highest BCUT2D eigenvalue weighted by molar-refractivity contribution is 6.02. The van der Waals surface area contributed by atoms with Gasteiger partial charge in [-0.3, -0.25) is 9.59 Å². The Bertz CT molecular complexity index is 512. The van der Waals surface area contributed by atoms with Crippen molar-refractivity contribution in [2.75, 3.05) is 18.5 Å². The number of hydrogen-bond acceptors (Lipinski definition) is 4. The molecule has 0 aliphatic carbocycles. The smallest absolute Gasteiger partial charge is 0.450 e. The third-order valence-corrected chi connectivity index (χ3v) is 2.94. The Balaban J connectivity index is 2.92. The van der Waals surface area contributed by atoms with Gasteiger partial charge in [-0.25, -0.2) is 0 Å². The SMILES string of the molecule is CCNc1ccc(CC(C(=O)OCC)C(=O)C(F)(F)F)cc1. The van der Waals surface area contributed by atoms with Gasteiger partial charge in [0.05, 0.1) is 6.61 Å². The van der Waals surface area contributed by atoms with Crippen molar-refractivity contribution < 1.29 is 27.5 Å². The van der Waals surface area contributed by atoms with Crippen molar-refractivity contribution in [3.05, 3.63) is 29.8 Å². The summed E-state index contributed by atoms with van der Waals surface area (Å²) >= 11 is 0. The first-order valence-electron chi connectivity index (χ1n) is 6.90. The predicted octanol–water partition coefficient (Wildman–Crippen LogP) is 2.97. The minimum Gasteiger partial charge on any atom is -0.465 e. The first kappa shape index (κ1) is 18.0. The first-order chi connectivity index (χ1) is 10.3. The molecule has 0 bridgehead atoms. The molecule has 0 spiro atoms. The molecular weight excluding hydrogens is 299 g/mol. The van der Waals surface area contributed by atoms with Crippen LogP contribution in [-0.4, -0.2) is 31.1 Å². The number of halogens is 3. The van der Waals surface area contributed by atoms with Gasteiger partial charge in [-0.05, 0) is 38.0 Å². The van der Waals surface area contributed by atoms with Crippen LogP contribution in [0.15, 0.2) is 24.3 Å². The lowest BCUT2D eigenvalue weighted by Gasteiger charge is -2.16. The summed E-state index contributed by atoms with van der Waals surface area (Å²) in [6.07, 6.45) is -5.41. The van der Waals surface area contributed by atoms with Crippen LogP contribution in [0.5, 0.6) is 0 Å². The Morgan fingerprint density at radius 2 is 1.77 bits per heavy atom. The molecule has 1 aromatic rings. The monoisotopic (exact) mass is 317 g/mol. The fourth-order valence-electron chi connectivity index (χ4n) is 1.92. The maximum absolute atomic E-state index is 12.6. The maximum atomic E-state index is 12.6. The quantitative estimate of drug-likeness (QED) is 0.620. The van der Waals surface area contributed by atoms with Crippen molar-refractivity contribution in [3.8, 4) is 0 Å². The van der Waals surface area contributed by atoms with Gasteiger partial charge >= 0.3 is 12.1 Å². The van der Waals surface area contributed by atoms with Crippen LogP contribution in [-0.2, 0) is 20.7 Å². The van der Waals surface area contributed by atoms with Gasteiger partial charge in [-0.1, -0.05) is 12.1 Å². The van der Waals surface area contributed by atoms with Crippen molar-refractivity contribution in [1.29, 1.82) is 0 Å². The number of rotatable bonds is 7. The van der Waals surface area contributed by atoms with Crippen LogP contribution in [0.3, 0.4) is 0 Å². The summed E-state index contributed by atoms with van der Waals surface area (Å²) < 4.78 is 42.4. The van der Waals surface area contributed by atoms with E-state index in [4.69, 9.17) is 0 Å². The highest BCUT2D eigenvalue weighted by Gasteiger charge is 2.46. The summed E-state index contributed by atoms with van der Waals surface area (Å²) in [5.41, 5.74) is 1.26. The van der Waals surface area contributed by atoms with Gasteiger partial charge < -0.3 is 10.1 Å². The lowest BCUT2D eigenvalue weighted by Crippen LogP contribution is -2.37. The van der Waals surface area contributed by atoms with E-state index in [0.29, 0.717) is 12.1 Å². The number of Topliss-reactive ketones (excluding diaryl/α,β-unsaturated/α-hetero) is 1. The van der Waals surface area contributed by atoms with Crippen molar-refractivity contribution in [2.45, 2.75) is 26.4 Å². The number of ketones is 1. The van der Waals surface area contributed by atoms with Gasteiger partial charge in [0, 0.05) is 12.2 Å². The lowest BCUT2D eigenvalue weighted by atomic mass is 9.94. The first-order valence-corrected chi connectivity index (χ1v) is 6.90. The van der Waals surface area contributed by atoms with Crippen LogP contribution in [0.25, 0.3) is 0 Å². The van der Waals surface area contributed by atoms with E-state index in [0.717, 1.165) is 5.69 Å². The second-order valence-corrected chi connectivity index (χ2v) is 4.60. The van der Waals surface area contributed by atoms with Gasteiger partial charge in [-0.15, -0.1) is 0 Å². The van der Waals surface area contributed by atoms with E-state index >= 15 is 0 Å². The molecule has 0 aliphatic rings. The van der Waals surface area contributed by atoms with Crippen LogP contribution in [0.1, 0.15) is 19.4 Å². The summed E-state index contributed by atoms with van der Waals surface area (Å²) in [7, 11) is 0. The van der Waals surface area contributed by atoms with Crippen molar-refractivity contribution in [1.82, 2.24) is 0 Å². The molecule has 0 aromatic heterocycles. The number of anilines is 1. The summed E-state index contributed by atoms with van der Waals surface area (Å²) in [6, 6.07) is 6.51. The number of ether oxygens (including phenoxy) is 1. The molecule has 1 unspecified atom stereocenters. The second kappa shape index (κ2) is 7.82. The normalized spacial score (nSPS) is 12.6. The zero-order chi connectivity index (χ0) is 16.8. The maximum Gasteiger partial charge on any atom is 0.450 e. The third kappa shape index (κ3) is 5.05. The standard InChI is InChI=1S/C15H18F3NO3/c1-3-19-11-7-5-10(6-8-11)9-12(14(21)22-4-2)13(20)15(16,17)18/h5-8,12,19H,3-4,9H2,1-2H3. The summed E-state index contributed by atoms with van der Waals surface area (Å²) in [4.78, 5) is 23.1. The molecule has 0 saturated heterocycles. The van der Waals surface area contributed by atoms with Crippen LogP contribution < -0.4 is 5.32 Å². The van der Waals surface area contributed by atoms with Gasteiger partial charge in [0.15, 0.2) is 0 Å². The largest absolute Gasteiger partial charge is 0.465 e. The lowest BCUT2D eigenvalue weighted by molar-refractivity contribution is -0.180. The average Bonchev–Trinajstić information content (AvgIpc) is 2.45.